The van der Waals surface area contributed by atoms with Gasteiger partial charge in [-0.3, -0.25) is 0 Å². The third kappa shape index (κ3) is 2.33. The van der Waals surface area contributed by atoms with Gasteiger partial charge in [0.05, 0.1) is 6.61 Å². The quantitative estimate of drug-likeness (QED) is 0.930. The van der Waals surface area contributed by atoms with Crippen LogP contribution in [0.25, 0.3) is 0 Å². The van der Waals surface area contributed by atoms with Gasteiger partial charge in [0.15, 0.2) is 0 Å². The lowest BCUT2D eigenvalue weighted by molar-refractivity contribution is 0.201. The van der Waals surface area contributed by atoms with Crippen molar-refractivity contribution < 1.29 is 17.9 Å². The van der Waals surface area contributed by atoms with Gasteiger partial charge in [0.1, 0.15) is 16.4 Å². The summed E-state index contributed by atoms with van der Waals surface area (Å²) in [5, 5.41) is 9.52. The monoisotopic (exact) mass is 313 g/mol. The van der Waals surface area contributed by atoms with Crippen LogP contribution in [0.5, 0.6) is 0 Å². The highest BCUT2D eigenvalue weighted by Gasteiger charge is 2.43. The largest absolute Gasteiger partial charge is 0.465 e. The molecule has 21 heavy (non-hydrogen) atoms. The van der Waals surface area contributed by atoms with E-state index in [9.17, 15) is 13.5 Å². The second-order valence-corrected chi connectivity index (χ2v) is 8.02. The van der Waals surface area contributed by atoms with Crippen LogP contribution in [-0.2, 0) is 16.6 Å². The average molecular weight is 313 g/mol. The lowest BCUT2D eigenvalue weighted by Gasteiger charge is -2.36. The van der Waals surface area contributed by atoms with Crippen LogP contribution >= 0.6 is 0 Å². The molecule has 0 radical (unpaired) electrons. The maximum absolute atomic E-state index is 13.1. The predicted molar refractivity (Wildman–Crippen MR) is 78.4 cm³/mol. The third-order valence-corrected chi connectivity index (χ3v) is 7.11. The van der Waals surface area contributed by atoms with Crippen molar-refractivity contribution in [3.63, 3.8) is 0 Å². The van der Waals surface area contributed by atoms with Crippen LogP contribution in [0.3, 0.4) is 0 Å². The molecule has 0 amide bonds. The molecule has 3 rings (SSSR count). The van der Waals surface area contributed by atoms with Gasteiger partial charge in [0.25, 0.3) is 0 Å². The molecule has 2 heterocycles. The van der Waals surface area contributed by atoms with Crippen molar-refractivity contribution in [2.45, 2.75) is 63.5 Å². The maximum atomic E-state index is 13.1. The van der Waals surface area contributed by atoms with Crippen LogP contribution in [0.4, 0.5) is 0 Å². The van der Waals surface area contributed by atoms with E-state index in [4.69, 9.17) is 4.42 Å². The molecule has 1 saturated heterocycles. The minimum atomic E-state index is -3.59. The van der Waals surface area contributed by atoms with Gasteiger partial charge in [-0.25, -0.2) is 8.42 Å². The molecule has 0 bridgehead atoms. The van der Waals surface area contributed by atoms with Crippen molar-refractivity contribution in [1.82, 2.24) is 4.31 Å². The summed E-state index contributed by atoms with van der Waals surface area (Å²) in [6, 6.07) is 0.130. The van der Waals surface area contributed by atoms with Gasteiger partial charge in [0, 0.05) is 18.2 Å². The fraction of sp³-hybridized carbons (Fsp3) is 0.733. The van der Waals surface area contributed by atoms with Crippen molar-refractivity contribution in [2.24, 2.45) is 5.92 Å². The number of furan rings is 1. The molecule has 6 heteroatoms. The van der Waals surface area contributed by atoms with E-state index in [1.807, 2.05) is 0 Å². The summed E-state index contributed by atoms with van der Waals surface area (Å²) in [6.07, 6.45) is 5.25. The first-order chi connectivity index (χ1) is 9.96. The van der Waals surface area contributed by atoms with Gasteiger partial charge in [-0.15, -0.1) is 0 Å². The fourth-order valence-electron chi connectivity index (χ4n) is 4.05. The van der Waals surface area contributed by atoms with E-state index in [0.29, 0.717) is 29.5 Å². The molecule has 1 N–H and O–H groups in total. The zero-order valence-corrected chi connectivity index (χ0v) is 13.4. The van der Waals surface area contributed by atoms with E-state index in [2.05, 4.69) is 0 Å². The number of fused-ring (bicyclic) bond motifs is 1. The number of hydrogen-bond donors (Lipinski definition) is 1. The van der Waals surface area contributed by atoms with Crippen LogP contribution in [-0.4, -0.2) is 30.4 Å². The van der Waals surface area contributed by atoms with Crippen LogP contribution < -0.4 is 0 Å². The molecule has 1 aromatic heterocycles. The van der Waals surface area contributed by atoms with Crippen molar-refractivity contribution in [3.8, 4) is 0 Å². The Balaban J connectivity index is 2.04. The molecule has 2 atom stereocenters. The Morgan fingerprint density at radius 2 is 1.90 bits per heavy atom. The summed E-state index contributed by atoms with van der Waals surface area (Å²) in [5.74, 6) is 1.38. The van der Waals surface area contributed by atoms with Crippen molar-refractivity contribution in [3.05, 3.63) is 17.1 Å². The van der Waals surface area contributed by atoms with E-state index in [-0.39, 0.29) is 17.5 Å². The summed E-state index contributed by atoms with van der Waals surface area (Å²) in [7, 11) is -3.59. The van der Waals surface area contributed by atoms with Crippen LogP contribution in [0.1, 0.15) is 49.2 Å². The normalized spacial score (nSPS) is 27.0. The Bertz CT molecular complexity index is 634. The Morgan fingerprint density at radius 3 is 2.62 bits per heavy atom. The molecule has 1 saturated carbocycles. The zero-order valence-electron chi connectivity index (χ0n) is 12.6. The topological polar surface area (TPSA) is 70.8 Å². The SMILES string of the molecule is Cc1oc(C)c(S(=O)(=O)N2CCCC3CCCC32)c1CO. The van der Waals surface area contributed by atoms with Gasteiger partial charge < -0.3 is 9.52 Å². The first-order valence-electron chi connectivity index (χ1n) is 7.68. The lowest BCUT2D eigenvalue weighted by Crippen LogP contribution is -2.46. The molecule has 2 fully saturated rings. The van der Waals surface area contributed by atoms with Gasteiger partial charge in [0.2, 0.25) is 10.0 Å². The highest BCUT2D eigenvalue weighted by molar-refractivity contribution is 7.89. The number of nitrogens with zero attached hydrogens (tertiary/aromatic N) is 1. The second kappa shape index (κ2) is 5.41. The third-order valence-electron chi connectivity index (χ3n) is 4.99. The number of sulfonamides is 1. The smallest absolute Gasteiger partial charge is 0.247 e. The number of hydrogen-bond acceptors (Lipinski definition) is 4. The zero-order chi connectivity index (χ0) is 15.2. The van der Waals surface area contributed by atoms with Crippen LogP contribution in [0, 0.1) is 19.8 Å². The lowest BCUT2D eigenvalue weighted by atomic mass is 9.94. The Morgan fingerprint density at radius 1 is 1.19 bits per heavy atom. The standard InChI is InChI=1S/C15H23NO4S/c1-10-13(9-17)15(11(2)20-10)21(18,19)16-8-4-6-12-5-3-7-14(12)16/h12,14,17H,3-9H2,1-2H3. The van der Waals surface area contributed by atoms with Gasteiger partial charge >= 0.3 is 0 Å². The Hall–Kier alpha value is -0.850. The molecule has 118 valence electrons. The summed E-state index contributed by atoms with van der Waals surface area (Å²) in [5.41, 5.74) is 0.410. The highest BCUT2D eigenvalue weighted by Crippen LogP contribution is 2.41. The molecule has 0 spiro atoms. The summed E-state index contributed by atoms with van der Waals surface area (Å²) >= 11 is 0. The van der Waals surface area contributed by atoms with Crippen molar-refractivity contribution >= 4 is 10.0 Å². The molecule has 5 nitrogen and oxygen atoms in total. The summed E-state index contributed by atoms with van der Waals surface area (Å²) in [4.78, 5) is 0.190. The van der Waals surface area contributed by atoms with E-state index >= 15 is 0 Å². The number of aryl methyl sites for hydroxylation is 2. The van der Waals surface area contributed by atoms with E-state index < -0.39 is 10.0 Å². The number of piperidine rings is 1. The summed E-state index contributed by atoms with van der Waals surface area (Å²) in [6.45, 7) is 3.64. The minimum absolute atomic E-state index is 0.130. The number of aliphatic hydroxyl groups excluding tert-OH is 1. The first-order valence-corrected chi connectivity index (χ1v) is 9.12. The molecular weight excluding hydrogens is 290 g/mol. The van der Waals surface area contributed by atoms with Crippen molar-refractivity contribution in [1.29, 1.82) is 0 Å². The number of rotatable bonds is 3. The molecule has 2 aliphatic rings. The van der Waals surface area contributed by atoms with Gasteiger partial charge in [-0.2, -0.15) is 4.31 Å². The maximum Gasteiger partial charge on any atom is 0.247 e. The van der Waals surface area contributed by atoms with Gasteiger partial charge in [-0.05, 0) is 45.4 Å². The molecule has 2 unspecified atom stereocenters. The minimum Gasteiger partial charge on any atom is -0.465 e. The molecule has 0 aromatic carbocycles. The van der Waals surface area contributed by atoms with E-state index in [0.717, 1.165) is 32.1 Å². The summed E-state index contributed by atoms with van der Waals surface area (Å²) < 4.78 is 33.3. The van der Waals surface area contributed by atoms with E-state index in [1.165, 1.54) is 0 Å². The Kier molecular flexibility index (Phi) is 3.88. The molecule has 1 aliphatic heterocycles. The second-order valence-electron chi connectivity index (χ2n) is 6.20. The predicted octanol–water partition coefficient (Wildman–Crippen LogP) is 2.34. The van der Waals surface area contributed by atoms with E-state index in [1.54, 1.807) is 18.2 Å². The fourth-order valence-corrected chi connectivity index (χ4v) is 6.22. The van der Waals surface area contributed by atoms with Crippen LogP contribution in [0.2, 0.25) is 0 Å². The van der Waals surface area contributed by atoms with Crippen molar-refractivity contribution in [2.75, 3.05) is 6.54 Å². The first kappa shape index (κ1) is 15.1. The van der Waals surface area contributed by atoms with Gasteiger partial charge in [-0.1, -0.05) is 6.42 Å². The Labute approximate surface area is 126 Å². The highest BCUT2D eigenvalue weighted by atomic mass is 32.2. The average Bonchev–Trinajstić information content (AvgIpc) is 3.01. The molecule has 1 aromatic rings. The molecule has 1 aliphatic carbocycles. The van der Waals surface area contributed by atoms with Crippen LogP contribution in [0.15, 0.2) is 9.31 Å². The number of aliphatic hydroxyl groups is 1. The molecular formula is C15H23NO4S.